The van der Waals surface area contributed by atoms with Gasteiger partial charge >= 0.3 is 5.97 Å². The molecule has 1 aliphatic rings. The number of aliphatic carboxylic acids is 1. The van der Waals surface area contributed by atoms with Crippen LogP contribution in [-0.2, 0) is 4.79 Å². The smallest absolute Gasteiger partial charge is 0.306 e. The van der Waals surface area contributed by atoms with Gasteiger partial charge in [-0.3, -0.25) is 9.79 Å². The van der Waals surface area contributed by atoms with E-state index in [1.54, 1.807) is 12.3 Å². The lowest BCUT2D eigenvalue weighted by molar-refractivity contribution is -0.143. The Bertz CT molecular complexity index is 505. The summed E-state index contributed by atoms with van der Waals surface area (Å²) in [5.41, 5.74) is 0.736. The lowest BCUT2D eigenvalue weighted by atomic mass is 9.82. The standard InChI is InChI=1S/C15H19NO4/c17-13-6-3-11(7-14(13)18)9-16-8-10-1-4-12(5-2-10)15(19)20/h3,6-7,9-10,12,17-18H,1-2,4-5,8H2,(H,19,20)/b16-9-. The summed E-state index contributed by atoms with van der Waals surface area (Å²) in [6, 6.07) is 4.56. The first-order chi connectivity index (χ1) is 9.56. The average Bonchev–Trinajstić information content (AvgIpc) is 2.43. The predicted octanol–water partition coefficient (Wildman–Crippen LogP) is 2.41. The monoisotopic (exact) mass is 277 g/mol. The SMILES string of the molecule is O=C(O)C1CCC(C/N=C\c2ccc(O)c(O)c2)CC1. The van der Waals surface area contributed by atoms with Gasteiger partial charge in [0.1, 0.15) is 0 Å². The molecular formula is C15H19NO4. The summed E-state index contributed by atoms with van der Waals surface area (Å²) in [4.78, 5) is 15.2. The summed E-state index contributed by atoms with van der Waals surface area (Å²) < 4.78 is 0. The quantitative estimate of drug-likeness (QED) is 0.582. The highest BCUT2D eigenvalue weighted by Gasteiger charge is 2.25. The number of aromatic hydroxyl groups is 2. The van der Waals surface area contributed by atoms with Crippen molar-refractivity contribution in [3.63, 3.8) is 0 Å². The normalized spacial score (nSPS) is 23.0. The van der Waals surface area contributed by atoms with Gasteiger partial charge in [0.05, 0.1) is 5.92 Å². The molecule has 3 N–H and O–H groups in total. The maximum Gasteiger partial charge on any atom is 0.306 e. The minimum absolute atomic E-state index is 0.144. The average molecular weight is 277 g/mol. The number of hydrogen-bond donors (Lipinski definition) is 3. The molecule has 0 atom stereocenters. The predicted molar refractivity (Wildman–Crippen MR) is 75.3 cm³/mol. The van der Waals surface area contributed by atoms with E-state index >= 15 is 0 Å². The molecule has 0 saturated heterocycles. The molecule has 1 aromatic carbocycles. The van der Waals surface area contributed by atoms with Gasteiger partial charge in [-0.2, -0.15) is 0 Å². The van der Waals surface area contributed by atoms with Gasteiger partial charge in [0.2, 0.25) is 0 Å². The Morgan fingerprint density at radius 1 is 1.20 bits per heavy atom. The minimum atomic E-state index is -0.688. The molecule has 1 fully saturated rings. The Morgan fingerprint density at radius 2 is 1.90 bits per heavy atom. The molecule has 1 saturated carbocycles. The van der Waals surface area contributed by atoms with Gasteiger partial charge < -0.3 is 15.3 Å². The Balaban J connectivity index is 1.82. The molecule has 1 aromatic rings. The molecule has 5 heteroatoms. The fourth-order valence-electron chi connectivity index (χ4n) is 2.52. The summed E-state index contributed by atoms with van der Waals surface area (Å²) in [6.45, 7) is 0.675. The molecule has 0 unspecified atom stereocenters. The zero-order valence-electron chi connectivity index (χ0n) is 11.2. The van der Waals surface area contributed by atoms with Crippen molar-refractivity contribution in [3.8, 4) is 11.5 Å². The highest BCUT2D eigenvalue weighted by molar-refractivity contribution is 5.80. The first kappa shape index (κ1) is 14.4. The number of phenols is 2. The van der Waals surface area contributed by atoms with Crippen molar-refractivity contribution in [2.24, 2.45) is 16.8 Å². The zero-order chi connectivity index (χ0) is 14.5. The molecule has 0 spiro atoms. The summed E-state index contributed by atoms with van der Waals surface area (Å²) in [5, 5.41) is 27.5. The second-order valence-corrected chi connectivity index (χ2v) is 5.30. The van der Waals surface area contributed by atoms with Crippen LogP contribution in [0.5, 0.6) is 11.5 Å². The number of rotatable bonds is 4. The van der Waals surface area contributed by atoms with E-state index in [2.05, 4.69) is 4.99 Å². The van der Waals surface area contributed by atoms with E-state index in [4.69, 9.17) is 5.11 Å². The largest absolute Gasteiger partial charge is 0.504 e. The molecule has 5 nitrogen and oxygen atoms in total. The van der Waals surface area contributed by atoms with E-state index < -0.39 is 5.97 Å². The maximum absolute atomic E-state index is 10.8. The molecule has 0 bridgehead atoms. The third-order valence-electron chi connectivity index (χ3n) is 3.80. The highest BCUT2D eigenvalue weighted by Crippen LogP contribution is 2.29. The molecule has 108 valence electrons. The van der Waals surface area contributed by atoms with Crippen molar-refractivity contribution in [1.82, 2.24) is 0 Å². The second kappa shape index (κ2) is 6.41. The van der Waals surface area contributed by atoms with Crippen LogP contribution in [0, 0.1) is 11.8 Å². The molecule has 2 rings (SSSR count). The maximum atomic E-state index is 10.8. The molecule has 0 radical (unpaired) electrons. The number of carboxylic acids is 1. The fourth-order valence-corrected chi connectivity index (χ4v) is 2.52. The van der Waals surface area contributed by atoms with Gasteiger partial charge in [-0.05, 0) is 55.4 Å². The first-order valence-electron chi connectivity index (χ1n) is 6.81. The molecule has 0 heterocycles. The van der Waals surface area contributed by atoms with Crippen molar-refractivity contribution in [3.05, 3.63) is 23.8 Å². The summed E-state index contributed by atoms with van der Waals surface area (Å²) in [6.07, 6.45) is 4.93. The minimum Gasteiger partial charge on any atom is -0.504 e. The molecule has 0 amide bonds. The van der Waals surface area contributed by atoms with E-state index in [1.807, 2.05) is 0 Å². The van der Waals surface area contributed by atoms with Crippen LogP contribution in [0.25, 0.3) is 0 Å². The lowest BCUT2D eigenvalue weighted by Crippen LogP contribution is -2.22. The number of phenolic OH excluding ortho intramolecular Hbond substituents is 2. The number of benzene rings is 1. The lowest BCUT2D eigenvalue weighted by Gasteiger charge is -2.24. The molecule has 1 aliphatic carbocycles. The third kappa shape index (κ3) is 3.73. The Kier molecular flexibility index (Phi) is 4.61. The van der Waals surface area contributed by atoms with Gasteiger partial charge in [-0.15, -0.1) is 0 Å². The van der Waals surface area contributed by atoms with Crippen LogP contribution in [0.3, 0.4) is 0 Å². The van der Waals surface area contributed by atoms with Crippen molar-refractivity contribution < 1.29 is 20.1 Å². The van der Waals surface area contributed by atoms with Crippen LogP contribution in [0.15, 0.2) is 23.2 Å². The molecule has 0 aliphatic heterocycles. The Morgan fingerprint density at radius 3 is 2.50 bits per heavy atom. The van der Waals surface area contributed by atoms with Gasteiger partial charge in [0, 0.05) is 12.8 Å². The number of hydrogen-bond acceptors (Lipinski definition) is 4. The van der Waals surface area contributed by atoms with Gasteiger partial charge in [0.25, 0.3) is 0 Å². The molecule has 0 aromatic heterocycles. The zero-order valence-corrected chi connectivity index (χ0v) is 11.2. The third-order valence-corrected chi connectivity index (χ3v) is 3.80. The van der Waals surface area contributed by atoms with E-state index in [9.17, 15) is 15.0 Å². The van der Waals surface area contributed by atoms with E-state index in [0.717, 1.165) is 31.2 Å². The van der Waals surface area contributed by atoms with Gasteiger partial charge in [0.15, 0.2) is 11.5 Å². The van der Waals surface area contributed by atoms with Crippen molar-refractivity contribution >= 4 is 12.2 Å². The van der Waals surface area contributed by atoms with Gasteiger partial charge in [-0.25, -0.2) is 0 Å². The number of nitrogens with zero attached hydrogens (tertiary/aromatic N) is 1. The first-order valence-corrected chi connectivity index (χ1v) is 6.81. The second-order valence-electron chi connectivity index (χ2n) is 5.30. The molecule has 20 heavy (non-hydrogen) atoms. The van der Waals surface area contributed by atoms with Crippen LogP contribution in [0.2, 0.25) is 0 Å². The van der Waals surface area contributed by atoms with E-state index in [1.165, 1.54) is 12.1 Å². The summed E-state index contributed by atoms with van der Waals surface area (Å²) in [5.74, 6) is -0.742. The fraction of sp³-hybridized carbons (Fsp3) is 0.467. The number of carbonyl (C=O) groups is 1. The summed E-state index contributed by atoms with van der Waals surface area (Å²) in [7, 11) is 0. The Labute approximate surface area is 117 Å². The van der Waals surface area contributed by atoms with E-state index in [0.29, 0.717) is 12.5 Å². The molecular weight excluding hydrogens is 258 g/mol. The highest BCUT2D eigenvalue weighted by atomic mass is 16.4. The number of carboxylic acid groups (broad SMARTS) is 1. The van der Waals surface area contributed by atoms with Crippen LogP contribution in [0.4, 0.5) is 0 Å². The van der Waals surface area contributed by atoms with E-state index in [-0.39, 0.29) is 17.4 Å². The van der Waals surface area contributed by atoms with Crippen LogP contribution >= 0.6 is 0 Å². The topological polar surface area (TPSA) is 90.1 Å². The number of aliphatic imine (C=N–C) groups is 1. The Hall–Kier alpha value is -2.04. The van der Waals surface area contributed by atoms with Crippen molar-refractivity contribution in [1.29, 1.82) is 0 Å². The van der Waals surface area contributed by atoms with Crippen molar-refractivity contribution in [2.75, 3.05) is 6.54 Å². The van der Waals surface area contributed by atoms with Gasteiger partial charge in [-0.1, -0.05) is 0 Å². The summed E-state index contributed by atoms with van der Waals surface area (Å²) >= 11 is 0. The van der Waals surface area contributed by atoms with Crippen LogP contribution in [-0.4, -0.2) is 34.0 Å². The van der Waals surface area contributed by atoms with Crippen LogP contribution < -0.4 is 0 Å². The van der Waals surface area contributed by atoms with Crippen molar-refractivity contribution in [2.45, 2.75) is 25.7 Å². The van der Waals surface area contributed by atoms with Crippen LogP contribution in [0.1, 0.15) is 31.2 Å².